The third-order valence-electron chi connectivity index (χ3n) is 3.41. The highest BCUT2D eigenvalue weighted by Crippen LogP contribution is 2.14. The van der Waals surface area contributed by atoms with Gasteiger partial charge in [0.1, 0.15) is 12.4 Å². The molecule has 0 spiro atoms. The summed E-state index contributed by atoms with van der Waals surface area (Å²) < 4.78 is 5.51. The van der Waals surface area contributed by atoms with Crippen LogP contribution in [0.15, 0.2) is 64.9 Å². The number of carboxylic acid groups (broad SMARTS) is 1. The van der Waals surface area contributed by atoms with Gasteiger partial charge in [0.15, 0.2) is 5.84 Å². The van der Waals surface area contributed by atoms with E-state index >= 15 is 0 Å². The second kappa shape index (κ2) is 9.32. The van der Waals surface area contributed by atoms with Crippen LogP contribution in [0.1, 0.15) is 25.3 Å². The lowest BCUT2D eigenvalue weighted by atomic mass is 10.2. The molecule has 0 fully saturated rings. The molecule has 1 aromatic rings. The number of carboxylic acids is 1. The molecule has 132 valence electrons. The molecule has 6 nitrogen and oxygen atoms in total. The molecule has 3 N–H and O–H groups in total. The van der Waals surface area contributed by atoms with Gasteiger partial charge >= 0.3 is 5.97 Å². The Bertz CT molecular complexity index is 715. The van der Waals surface area contributed by atoms with Crippen molar-refractivity contribution in [3.8, 4) is 5.75 Å². The molecule has 0 heterocycles. The van der Waals surface area contributed by atoms with Gasteiger partial charge in [-0.3, -0.25) is 0 Å². The summed E-state index contributed by atoms with van der Waals surface area (Å²) >= 11 is 0. The lowest BCUT2D eigenvalue weighted by Crippen LogP contribution is -2.14. The first kappa shape index (κ1) is 18.3. The van der Waals surface area contributed by atoms with Crippen molar-refractivity contribution in [2.75, 3.05) is 13.2 Å². The molecule has 0 aliphatic heterocycles. The third-order valence-corrected chi connectivity index (χ3v) is 3.41. The number of amidine groups is 1. The number of nitrogens with two attached hydrogens (primary N) is 1. The fourth-order valence-electron chi connectivity index (χ4n) is 2.13. The topological polar surface area (TPSA) is 94.1 Å². The molecule has 0 saturated carbocycles. The summed E-state index contributed by atoms with van der Waals surface area (Å²) in [5.41, 5.74) is 7.58. The minimum atomic E-state index is -0.963. The van der Waals surface area contributed by atoms with E-state index in [1.807, 2.05) is 43.3 Å². The molecule has 0 unspecified atom stereocenters. The second-order valence-electron chi connectivity index (χ2n) is 5.44. The van der Waals surface area contributed by atoms with Crippen LogP contribution in [0.4, 0.5) is 0 Å². The van der Waals surface area contributed by atoms with Crippen LogP contribution in [-0.2, 0) is 9.63 Å². The van der Waals surface area contributed by atoms with Gasteiger partial charge in [-0.15, -0.1) is 0 Å². The molecule has 1 aliphatic carbocycles. The summed E-state index contributed by atoms with van der Waals surface area (Å²) in [6.45, 7) is 2.85. The largest absolute Gasteiger partial charge is 0.494 e. The number of allylic oxidation sites excluding steroid dienone is 2. The number of rotatable bonds is 8. The zero-order chi connectivity index (χ0) is 18.1. The van der Waals surface area contributed by atoms with Crippen LogP contribution in [0.5, 0.6) is 5.75 Å². The van der Waals surface area contributed by atoms with Crippen LogP contribution >= 0.6 is 0 Å². The number of nitrogens with zero attached hydrogens (tertiary/aromatic N) is 1. The predicted molar refractivity (Wildman–Crippen MR) is 96.5 cm³/mol. The molecule has 0 atom stereocenters. The van der Waals surface area contributed by atoms with E-state index in [-0.39, 0.29) is 18.0 Å². The number of hydrogen-bond acceptors (Lipinski definition) is 4. The van der Waals surface area contributed by atoms with Crippen molar-refractivity contribution in [3.05, 3.63) is 65.3 Å². The highest BCUT2D eigenvalue weighted by molar-refractivity contribution is 5.97. The quantitative estimate of drug-likeness (QED) is 0.430. The van der Waals surface area contributed by atoms with Crippen molar-refractivity contribution in [2.45, 2.75) is 19.8 Å². The molecule has 0 amide bonds. The summed E-state index contributed by atoms with van der Waals surface area (Å²) in [7, 11) is 0. The average Bonchev–Trinajstić information content (AvgIpc) is 2.86. The molecule has 2 rings (SSSR count). The van der Waals surface area contributed by atoms with Gasteiger partial charge in [0.05, 0.1) is 12.2 Å². The average molecular weight is 342 g/mol. The standard InChI is InChI=1S/C19H22N2O4/c1-2-11-24-17-9-7-15(8-10-17)18(20)21-25-13-14-5-3-4-6-16(12-14)19(22)23/h3,5-10,12H,2,4,11,13H2,1H3,(H2,20,21)(H,22,23). The third kappa shape index (κ3) is 5.84. The number of benzene rings is 1. The Labute approximate surface area is 146 Å². The Hall–Kier alpha value is -3.02. The molecule has 1 aromatic carbocycles. The highest BCUT2D eigenvalue weighted by atomic mass is 16.6. The Morgan fingerprint density at radius 1 is 1.32 bits per heavy atom. The molecular weight excluding hydrogens is 320 g/mol. The maximum absolute atomic E-state index is 11.1. The summed E-state index contributed by atoms with van der Waals surface area (Å²) in [5.74, 6) is 0.0601. The van der Waals surface area contributed by atoms with E-state index in [0.29, 0.717) is 18.6 Å². The van der Waals surface area contributed by atoms with Gasteiger partial charge in [0.2, 0.25) is 0 Å². The SMILES string of the molecule is CCCOc1ccc(/C(N)=N/OCC2=CC(C(=O)O)=CCC=C2)cc1. The predicted octanol–water partition coefficient (Wildman–Crippen LogP) is 3.01. The van der Waals surface area contributed by atoms with Gasteiger partial charge in [0, 0.05) is 5.56 Å². The van der Waals surface area contributed by atoms with Crippen molar-refractivity contribution >= 4 is 11.8 Å². The van der Waals surface area contributed by atoms with Gasteiger partial charge in [-0.05, 0) is 48.8 Å². The monoisotopic (exact) mass is 342 g/mol. The smallest absolute Gasteiger partial charge is 0.335 e. The first-order chi connectivity index (χ1) is 12.1. The first-order valence-electron chi connectivity index (χ1n) is 8.09. The Kier molecular flexibility index (Phi) is 6.83. The van der Waals surface area contributed by atoms with Gasteiger partial charge in [-0.25, -0.2) is 4.79 Å². The van der Waals surface area contributed by atoms with Gasteiger partial charge < -0.3 is 20.4 Å². The summed E-state index contributed by atoms with van der Waals surface area (Å²) in [6.07, 6.45) is 8.41. The summed E-state index contributed by atoms with van der Waals surface area (Å²) in [4.78, 5) is 16.3. The van der Waals surface area contributed by atoms with Gasteiger partial charge in [-0.2, -0.15) is 0 Å². The van der Waals surface area contributed by atoms with E-state index in [0.717, 1.165) is 17.7 Å². The van der Waals surface area contributed by atoms with E-state index in [2.05, 4.69) is 5.16 Å². The van der Waals surface area contributed by atoms with Gasteiger partial charge in [-0.1, -0.05) is 30.3 Å². The zero-order valence-corrected chi connectivity index (χ0v) is 14.1. The molecule has 0 bridgehead atoms. The number of hydrogen-bond donors (Lipinski definition) is 2. The van der Waals surface area contributed by atoms with Crippen LogP contribution in [0.3, 0.4) is 0 Å². The van der Waals surface area contributed by atoms with E-state index in [9.17, 15) is 4.79 Å². The van der Waals surface area contributed by atoms with Crippen LogP contribution < -0.4 is 10.5 Å². The van der Waals surface area contributed by atoms with Crippen molar-refractivity contribution in [1.82, 2.24) is 0 Å². The van der Waals surface area contributed by atoms with Crippen molar-refractivity contribution < 1.29 is 19.5 Å². The molecule has 0 aromatic heterocycles. The van der Waals surface area contributed by atoms with E-state index in [1.54, 1.807) is 12.2 Å². The normalized spacial score (nSPS) is 14.4. The lowest BCUT2D eigenvalue weighted by Gasteiger charge is -2.06. The Morgan fingerprint density at radius 2 is 2.08 bits per heavy atom. The fraction of sp³-hybridized carbons (Fsp3) is 0.263. The summed E-state index contributed by atoms with van der Waals surface area (Å²) in [5, 5.41) is 13.0. The lowest BCUT2D eigenvalue weighted by molar-refractivity contribution is -0.132. The van der Waals surface area contributed by atoms with Crippen LogP contribution in [0.25, 0.3) is 0 Å². The summed E-state index contributed by atoms with van der Waals surface area (Å²) in [6, 6.07) is 7.27. The van der Waals surface area contributed by atoms with E-state index < -0.39 is 5.97 Å². The number of aliphatic carboxylic acids is 1. The van der Waals surface area contributed by atoms with Crippen LogP contribution in [-0.4, -0.2) is 30.1 Å². The van der Waals surface area contributed by atoms with Crippen molar-refractivity contribution in [3.63, 3.8) is 0 Å². The first-order valence-corrected chi connectivity index (χ1v) is 8.09. The number of ether oxygens (including phenoxy) is 1. The number of oxime groups is 1. The van der Waals surface area contributed by atoms with E-state index in [4.69, 9.17) is 20.4 Å². The second-order valence-corrected chi connectivity index (χ2v) is 5.44. The maximum atomic E-state index is 11.1. The molecule has 1 aliphatic rings. The minimum absolute atomic E-state index is 0.138. The van der Waals surface area contributed by atoms with Gasteiger partial charge in [0.25, 0.3) is 0 Å². The van der Waals surface area contributed by atoms with Crippen LogP contribution in [0, 0.1) is 0 Å². The number of carbonyl (C=O) groups is 1. The molecule has 0 radical (unpaired) electrons. The Morgan fingerprint density at radius 3 is 2.76 bits per heavy atom. The molecule has 0 saturated heterocycles. The molecular formula is C19H22N2O4. The molecule has 25 heavy (non-hydrogen) atoms. The van der Waals surface area contributed by atoms with Crippen LogP contribution in [0.2, 0.25) is 0 Å². The minimum Gasteiger partial charge on any atom is -0.494 e. The Balaban J connectivity index is 1.94. The molecule has 6 heteroatoms. The van der Waals surface area contributed by atoms with Crippen molar-refractivity contribution in [1.29, 1.82) is 0 Å². The zero-order valence-electron chi connectivity index (χ0n) is 14.1. The van der Waals surface area contributed by atoms with Crippen molar-refractivity contribution in [2.24, 2.45) is 10.9 Å². The van der Waals surface area contributed by atoms with E-state index in [1.165, 1.54) is 0 Å². The maximum Gasteiger partial charge on any atom is 0.335 e. The highest BCUT2D eigenvalue weighted by Gasteiger charge is 2.07. The fourth-order valence-corrected chi connectivity index (χ4v) is 2.13.